The van der Waals surface area contributed by atoms with Gasteiger partial charge in [0.2, 0.25) is 6.10 Å². The number of aliphatic carboxylic acids is 1. The third-order valence-corrected chi connectivity index (χ3v) is 4.17. The Morgan fingerprint density at radius 1 is 0.962 bits per heavy atom. The molecule has 2 aromatic carbocycles. The van der Waals surface area contributed by atoms with E-state index in [2.05, 4.69) is 4.98 Å². The van der Waals surface area contributed by atoms with Gasteiger partial charge in [0, 0.05) is 24.2 Å². The molecule has 0 saturated heterocycles. The highest BCUT2D eigenvalue weighted by Gasteiger charge is 2.25. The zero-order chi connectivity index (χ0) is 17.9. The zero-order valence-corrected chi connectivity index (χ0v) is 13.8. The predicted octanol–water partition coefficient (Wildman–Crippen LogP) is 4.23. The van der Waals surface area contributed by atoms with Crippen molar-refractivity contribution in [3.8, 4) is 11.6 Å². The summed E-state index contributed by atoms with van der Waals surface area (Å²) in [6.45, 7) is 0. The number of pyridine rings is 1. The van der Waals surface area contributed by atoms with Gasteiger partial charge in [-0.15, -0.1) is 0 Å². The number of fused-ring (bicyclic) bond motifs is 1. The highest BCUT2D eigenvalue weighted by atomic mass is 16.5. The lowest BCUT2D eigenvalue weighted by Gasteiger charge is -2.19. The van der Waals surface area contributed by atoms with Crippen LogP contribution in [-0.2, 0) is 4.79 Å². The van der Waals surface area contributed by atoms with Gasteiger partial charge >= 0.3 is 5.97 Å². The van der Waals surface area contributed by atoms with Crippen LogP contribution in [0.5, 0.6) is 5.75 Å². The summed E-state index contributed by atoms with van der Waals surface area (Å²) in [5, 5.41) is 11.6. The average Bonchev–Trinajstić information content (AvgIpc) is 3.20. The number of benzene rings is 2. The molecule has 0 amide bonds. The van der Waals surface area contributed by atoms with Crippen LogP contribution < -0.4 is 4.74 Å². The largest absolute Gasteiger partial charge is 0.478 e. The number of carboxylic acids is 1. The summed E-state index contributed by atoms with van der Waals surface area (Å²) in [6.07, 6.45) is 4.18. The quantitative estimate of drug-likeness (QED) is 0.588. The molecular weight excluding hydrogens is 328 g/mol. The second-order valence-electron chi connectivity index (χ2n) is 5.82. The van der Waals surface area contributed by atoms with Crippen molar-refractivity contribution in [2.45, 2.75) is 6.10 Å². The Hall–Kier alpha value is -3.60. The zero-order valence-electron chi connectivity index (χ0n) is 13.8. The molecule has 0 radical (unpaired) electrons. The molecule has 1 unspecified atom stereocenters. The monoisotopic (exact) mass is 344 g/mol. The standard InChI is InChI=1S/C21H16N2O3/c24-21(25)19(17-10-5-8-15-7-1-2-9-16(15)17)26-18-11-6-12-22-20(18)23-13-3-4-14-23/h1-14,19H,(H,24,25). The maximum atomic E-state index is 12.0. The lowest BCUT2D eigenvalue weighted by Crippen LogP contribution is -2.19. The number of hydrogen-bond acceptors (Lipinski definition) is 3. The van der Waals surface area contributed by atoms with E-state index in [0.717, 1.165) is 10.8 Å². The van der Waals surface area contributed by atoms with Gasteiger partial charge in [0.1, 0.15) is 0 Å². The molecule has 0 aliphatic carbocycles. The topological polar surface area (TPSA) is 64.3 Å². The van der Waals surface area contributed by atoms with Crippen LogP contribution in [0.1, 0.15) is 11.7 Å². The number of ether oxygens (including phenoxy) is 1. The van der Waals surface area contributed by atoms with Crippen molar-refractivity contribution < 1.29 is 14.6 Å². The molecule has 128 valence electrons. The van der Waals surface area contributed by atoms with E-state index < -0.39 is 12.1 Å². The highest BCUT2D eigenvalue weighted by molar-refractivity contribution is 5.90. The Labute approximate surface area is 150 Å². The lowest BCUT2D eigenvalue weighted by atomic mass is 10.0. The minimum atomic E-state index is -1.14. The van der Waals surface area contributed by atoms with E-state index in [4.69, 9.17) is 4.74 Å². The molecule has 2 heterocycles. The van der Waals surface area contributed by atoms with Gasteiger partial charge in [-0.2, -0.15) is 0 Å². The summed E-state index contributed by atoms with van der Waals surface area (Å²) in [5.41, 5.74) is 0.609. The first-order valence-electron chi connectivity index (χ1n) is 8.19. The maximum absolute atomic E-state index is 12.0. The molecule has 0 spiro atoms. The smallest absolute Gasteiger partial charge is 0.349 e. The molecule has 0 saturated carbocycles. The van der Waals surface area contributed by atoms with E-state index in [1.807, 2.05) is 60.9 Å². The Balaban J connectivity index is 1.79. The first-order chi connectivity index (χ1) is 12.7. The van der Waals surface area contributed by atoms with Crippen molar-refractivity contribution in [1.82, 2.24) is 9.55 Å². The molecule has 4 aromatic rings. The van der Waals surface area contributed by atoms with Crippen molar-refractivity contribution in [3.05, 3.63) is 90.9 Å². The second kappa shape index (κ2) is 6.72. The van der Waals surface area contributed by atoms with Crippen LogP contribution in [0.15, 0.2) is 85.3 Å². The van der Waals surface area contributed by atoms with Crippen LogP contribution in [0, 0.1) is 0 Å². The van der Waals surface area contributed by atoms with Gasteiger partial charge < -0.3 is 14.4 Å². The third kappa shape index (κ3) is 2.91. The first kappa shape index (κ1) is 15.9. The normalized spacial score (nSPS) is 12.0. The molecule has 0 aliphatic rings. The third-order valence-electron chi connectivity index (χ3n) is 4.17. The average molecular weight is 344 g/mol. The van der Waals surface area contributed by atoms with Crippen LogP contribution in [0.4, 0.5) is 0 Å². The maximum Gasteiger partial charge on any atom is 0.349 e. The van der Waals surface area contributed by atoms with E-state index in [9.17, 15) is 9.90 Å². The van der Waals surface area contributed by atoms with Gasteiger partial charge in [0.15, 0.2) is 11.6 Å². The highest BCUT2D eigenvalue weighted by Crippen LogP contribution is 2.31. The van der Waals surface area contributed by atoms with Crippen LogP contribution in [-0.4, -0.2) is 20.6 Å². The molecule has 5 heteroatoms. The van der Waals surface area contributed by atoms with Crippen LogP contribution >= 0.6 is 0 Å². The number of rotatable bonds is 5. The number of aromatic nitrogens is 2. The van der Waals surface area contributed by atoms with Crippen molar-refractivity contribution >= 4 is 16.7 Å². The molecule has 4 rings (SSSR count). The SMILES string of the molecule is O=C(O)C(Oc1cccnc1-n1cccc1)c1cccc2ccccc12. The number of carbonyl (C=O) groups is 1. The number of nitrogens with zero attached hydrogens (tertiary/aromatic N) is 2. The fraction of sp³-hybridized carbons (Fsp3) is 0.0476. The molecule has 1 atom stereocenters. The van der Waals surface area contributed by atoms with Gasteiger partial charge in [-0.1, -0.05) is 42.5 Å². The van der Waals surface area contributed by atoms with E-state index in [1.165, 1.54) is 0 Å². The van der Waals surface area contributed by atoms with Gasteiger partial charge in [-0.05, 0) is 35.0 Å². The van der Waals surface area contributed by atoms with Crippen molar-refractivity contribution in [1.29, 1.82) is 0 Å². The van der Waals surface area contributed by atoms with E-state index in [1.54, 1.807) is 29.0 Å². The molecule has 0 bridgehead atoms. The Kier molecular flexibility index (Phi) is 4.11. The minimum Gasteiger partial charge on any atom is -0.478 e. The minimum absolute atomic E-state index is 0.407. The lowest BCUT2D eigenvalue weighted by molar-refractivity contribution is -0.145. The first-order valence-corrected chi connectivity index (χ1v) is 8.19. The molecule has 0 fully saturated rings. The number of carboxylic acid groups (broad SMARTS) is 1. The fourth-order valence-corrected chi connectivity index (χ4v) is 3.00. The number of hydrogen-bond donors (Lipinski definition) is 1. The molecular formula is C21H16N2O3. The molecule has 0 aliphatic heterocycles. The van der Waals surface area contributed by atoms with Crippen LogP contribution in [0.3, 0.4) is 0 Å². The fourth-order valence-electron chi connectivity index (χ4n) is 3.00. The summed E-state index contributed by atoms with van der Waals surface area (Å²) in [4.78, 5) is 16.3. The Morgan fingerprint density at radius 3 is 2.54 bits per heavy atom. The van der Waals surface area contributed by atoms with E-state index in [-0.39, 0.29) is 0 Å². The van der Waals surface area contributed by atoms with Crippen molar-refractivity contribution in [2.75, 3.05) is 0 Å². The Morgan fingerprint density at radius 2 is 1.73 bits per heavy atom. The molecule has 1 N–H and O–H groups in total. The summed E-state index contributed by atoms with van der Waals surface area (Å²) in [7, 11) is 0. The van der Waals surface area contributed by atoms with Crippen molar-refractivity contribution in [3.63, 3.8) is 0 Å². The predicted molar refractivity (Wildman–Crippen MR) is 98.5 cm³/mol. The molecule has 2 aromatic heterocycles. The van der Waals surface area contributed by atoms with Gasteiger partial charge in [-0.25, -0.2) is 9.78 Å². The summed E-state index contributed by atoms with van der Waals surface area (Å²) < 4.78 is 7.73. The summed E-state index contributed by atoms with van der Waals surface area (Å²) in [5.74, 6) is -0.100. The summed E-state index contributed by atoms with van der Waals surface area (Å²) in [6, 6.07) is 20.4. The molecule has 5 nitrogen and oxygen atoms in total. The van der Waals surface area contributed by atoms with Gasteiger partial charge in [0.25, 0.3) is 0 Å². The summed E-state index contributed by atoms with van der Waals surface area (Å²) >= 11 is 0. The van der Waals surface area contributed by atoms with Crippen molar-refractivity contribution in [2.24, 2.45) is 0 Å². The van der Waals surface area contributed by atoms with Crippen LogP contribution in [0.25, 0.3) is 16.6 Å². The van der Waals surface area contributed by atoms with Gasteiger partial charge in [0.05, 0.1) is 0 Å². The second-order valence-corrected chi connectivity index (χ2v) is 5.82. The van der Waals surface area contributed by atoms with Gasteiger partial charge in [-0.3, -0.25) is 0 Å². The Bertz CT molecular complexity index is 1050. The van der Waals surface area contributed by atoms with Crippen LogP contribution in [0.2, 0.25) is 0 Å². The molecule has 26 heavy (non-hydrogen) atoms. The van der Waals surface area contributed by atoms with E-state index in [0.29, 0.717) is 17.1 Å². The van der Waals surface area contributed by atoms with E-state index >= 15 is 0 Å².